The third-order valence-corrected chi connectivity index (χ3v) is 8.64. The molecule has 0 spiro atoms. The van der Waals surface area contributed by atoms with Crippen LogP contribution < -0.4 is 10.8 Å². The molecule has 41 heavy (non-hydrogen) atoms. The van der Waals surface area contributed by atoms with Gasteiger partial charge in [-0.2, -0.15) is 4.31 Å². The van der Waals surface area contributed by atoms with E-state index < -0.39 is 55.9 Å². The maximum absolute atomic E-state index is 13.7. The smallest absolute Gasteiger partial charge is 0.444 e. The van der Waals surface area contributed by atoms with Crippen molar-refractivity contribution in [1.29, 1.82) is 0 Å². The van der Waals surface area contributed by atoms with Crippen LogP contribution in [0.5, 0.6) is 0 Å². The largest absolute Gasteiger partial charge is 0.488 e. The molecule has 1 unspecified atom stereocenters. The molecule has 2 aromatic carbocycles. The molecule has 1 aliphatic rings. The number of carbonyl (C=O) groups is 1. The van der Waals surface area contributed by atoms with E-state index >= 15 is 0 Å². The van der Waals surface area contributed by atoms with E-state index in [1.54, 1.807) is 44.2 Å². The van der Waals surface area contributed by atoms with Crippen LogP contribution >= 0.6 is 7.82 Å². The number of benzene rings is 2. The molecule has 0 aromatic heterocycles. The predicted molar refractivity (Wildman–Crippen MR) is 150 cm³/mol. The Bertz CT molecular complexity index is 1270. The van der Waals surface area contributed by atoms with E-state index in [2.05, 4.69) is 5.32 Å². The Hall–Kier alpha value is -2.33. The first kappa shape index (κ1) is 33.2. The normalized spacial score (nSPS) is 17.4. The first-order valence-corrected chi connectivity index (χ1v) is 16.0. The van der Waals surface area contributed by atoms with Crippen LogP contribution in [0.15, 0.2) is 59.5 Å². The predicted octanol–water partition coefficient (Wildman–Crippen LogP) is 0.617. The zero-order valence-corrected chi connectivity index (χ0v) is 24.5. The van der Waals surface area contributed by atoms with Crippen LogP contribution in [-0.4, -0.2) is 90.3 Å². The molecule has 13 nitrogen and oxygen atoms in total. The number of phosphoric ester groups is 1. The molecule has 1 heterocycles. The van der Waals surface area contributed by atoms with Crippen molar-refractivity contribution >= 4 is 36.5 Å². The maximum atomic E-state index is 13.7. The van der Waals surface area contributed by atoms with Crippen molar-refractivity contribution < 1.29 is 51.6 Å². The average molecular weight is 614 g/mol. The zero-order chi connectivity index (χ0) is 30.2. The molecule has 2 aromatic rings. The van der Waals surface area contributed by atoms with E-state index in [0.29, 0.717) is 18.6 Å². The summed E-state index contributed by atoms with van der Waals surface area (Å²) in [5.41, 5.74) is 0.776. The SMILES string of the molecule is CC(C)CN(C[C@@H](OP(=O)(O)O)C(Cc1ccccc1)NC(=O)O[C@H]1CCOC1)S(=O)(=O)c1ccc(B(O)O)cc1. The quantitative estimate of drug-likeness (QED) is 0.148. The van der Waals surface area contributed by atoms with Crippen molar-refractivity contribution in [1.82, 2.24) is 9.62 Å². The third kappa shape index (κ3) is 10.5. The van der Waals surface area contributed by atoms with Gasteiger partial charge in [-0.1, -0.05) is 56.3 Å². The molecular formula is C25H36BN2O11PS. The summed E-state index contributed by atoms with van der Waals surface area (Å²) >= 11 is 0. The number of ether oxygens (including phenoxy) is 2. The van der Waals surface area contributed by atoms with Gasteiger partial charge in [-0.15, -0.1) is 0 Å². The summed E-state index contributed by atoms with van der Waals surface area (Å²) in [6.07, 6.45) is -2.33. The van der Waals surface area contributed by atoms with Crippen LogP contribution in [0.2, 0.25) is 0 Å². The number of nitrogens with zero attached hydrogens (tertiary/aromatic N) is 1. The number of phosphoric acid groups is 1. The lowest BCUT2D eigenvalue weighted by Gasteiger charge is -2.33. The maximum Gasteiger partial charge on any atom is 0.488 e. The second kappa shape index (κ2) is 14.7. The number of hydrogen-bond acceptors (Lipinski definition) is 9. The molecule has 0 radical (unpaired) electrons. The number of carbonyl (C=O) groups excluding carboxylic acids is 1. The van der Waals surface area contributed by atoms with Gasteiger partial charge in [-0.25, -0.2) is 17.8 Å². The van der Waals surface area contributed by atoms with Gasteiger partial charge >= 0.3 is 21.0 Å². The molecule has 0 bridgehead atoms. The fourth-order valence-electron chi connectivity index (χ4n) is 4.34. The highest BCUT2D eigenvalue weighted by molar-refractivity contribution is 7.89. The molecule has 16 heteroatoms. The van der Waals surface area contributed by atoms with E-state index in [0.717, 1.165) is 4.31 Å². The van der Waals surface area contributed by atoms with E-state index in [-0.39, 0.29) is 35.8 Å². The lowest BCUT2D eigenvalue weighted by atomic mass is 9.81. The summed E-state index contributed by atoms with van der Waals surface area (Å²) in [5, 5.41) is 21.4. The standard InChI is InChI=1S/C25H36BN2O11PS/c1-18(2)15-28(41(35,36)22-10-8-20(9-11-22)26(30)31)16-24(39-40(32,33)34)23(14-19-6-4-3-5-7-19)27-25(29)38-21-12-13-37-17-21/h3-11,18,21,23-24,30-31H,12-17H2,1-2H3,(H,27,29)(H2,32,33,34)/t21-,23?,24+/m0/s1. The van der Waals surface area contributed by atoms with Gasteiger partial charge in [0.05, 0.1) is 24.2 Å². The van der Waals surface area contributed by atoms with Crippen molar-refractivity contribution in [3.8, 4) is 0 Å². The summed E-state index contributed by atoms with van der Waals surface area (Å²) in [4.78, 5) is 32.2. The Kier molecular flexibility index (Phi) is 11.9. The van der Waals surface area contributed by atoms with Crippen molar-refractivity contribution in [2.75, 3.05) is 26.3 Å². The fraction of sp³-hybridized carbons (Fsp3) is 0.480. The fourth-order valence-corrected chi connectivity index (χ4v) is 6.52. The van der Waals surface area contributed by atoms with Crippen LogP contribution in [-0.2, 0) is 35.0 Å². The lowest BCUT2D eigenvalue weighted by Crippen LogP contribution is -2.52. The Balaban J connectivity index is 1.97. The van der Waals surface area contributed by atoms with Gasteiger partial charge in [-0.3, -0.25) is 4.52 Å². The Morgan fingerprint density at radius 3 is 2.32 bits per heavy atom. The summed E-state index contributed by atoms with van der Waals surface area (Å²) in [5.74, 6) is -0.202. The van der Waals surface area contributed by atoms with Crippen LogP contribution in [0, 0.1) is 5.92 Å². The van der Waals surface area contributed by atoms with Gasteiger partial charge in [-0.05, 0) is 35.5 Å². The highest BCUT2D eigenvalue weighted by atomic mass is 32.2. The first-order chi connectivity index (χ1) is 19.2. The first-order valence-electron chi connectivity index (χ1n) is 13.0. The molecule has 226 valence electrons. The number of sulfonamides is 1. The van der Waals surface area contributed by atoms with Crippen LogP contribution in [0.3, 0.4) is 0 Å². The molecule has 1 aliphatic heterocycles. The minimum atomic E-state index is -5.17. The van der Waals surface area contributed by atoms with E-state index in [1.165, 1.54) is 24.3 Å². The van der Waals surface area contributed by atoms with Crippen molar-refractivity contribution in [3.05, 3.63) is 60.2 Å². The summed E-state index contributed by atoms with van der Waals surface area (Å²) < 4.78 is 56.3. The Morgan fingerprint density at radius 1 is 1.12 bits per heavy atom. The molecule has 1 amide bonds. The van der Waals surface area contributed by atoms with Gasteiger partial charge in [0.15, 0.2) is 0 Å². The van der Waals surface area contributed by atoms with Crippen molar-refractivity contribution in [3.63, 3.8) is 0 Å². The Labute approximate surface area is 239 Å². The van der Waals surface area contributed by atoms with Gasteiger partial charge in [0.2, 0.25) is 10.0 Å². The van der Waals surface area contributed by atoms with Gasteiger partial charge in [0, 0.05) is 19.5 Å². The average Bonchev–Trinajstić information content (AvgIpc) is 3.40. The highest BCUT2D eigenvalue weighted by Crippen LogP contribution is 2.39. The zero-order valence-electron chi connectivity index (χ0n) is 22.8. The third-order valence-electron chi connectivity index (χ3n) is 6.25. The molecule has 0 saturated carbocycles. The van der Waals surface area contributed by atoms with Crippen LogP contribution in [0.1, 0.15) is 25.8 Å². The number of amides is 1. The summed E-state index contributed by atoms with van der Waals surface area (Å²) in [7, 11) is -11.2. The molecule has 3 rings (SSSR count). The molecular weight excluding hydrogens is 578 g/mol. The van der Waals surface area contributed by atoms with Gasteiger partial charge < -0.3 is 34.6 Å². The minimum Gasteiger partial charge on any atom is -0.444 e. The van der Waals surface area contributed by atoms with Gasteiger partial charge in [0.25, 0.3) is 0 Å². The van der Waals surface area contributed by atoms with E-state index in [9.17, 15) is 37.6 Å². The number of hydrogen-bond donors (Lipinski definition) is 5. The number of alkyl carbamates (subject to hydrolysis) is 1. The topological polar surface area (TPSA) is 192 Å². The van der Waals surface area contributed by atoms with Crippen molar-refractivity contribution in [2.45, 2.75) is 49.8 Å². The van der Waals surface area contributed by atoms with E-state index in [4.69, 9.17) is 14.0 Å². The summed E-state index contributed by atoms with van der Waals surface area (Å²) in [6, 6.07) is 12.6. The highest BCUT2D eigenvalue weighted by Gasteiger charge is 2.37. The molecule has 1 saturated heterocycles. The lowest BCUT2D eigenvalue weighted by molar-refractivity contribution is 0.0601. The Morgan fingerprint density at radius 2 is 1.78 bits per heavy atom. The molecule has 1 fully saturated rings. The number of nitrogens with one attached hydrogen (secondary N) is 1. The monoisotopic (exact) mass is 614 g/mol. The van der Waals surface area contributed by atoms with E-state index in [1.807, 2.05) is 0 Å². The van der Waals surface area contributed by atoms with Crippen LogP contribution in [0.4, 0.5) is 4.79 Å². The molecule has 3 atom stereocenters. The van der Waals surface area contributed by atoms with Crippen molar-refractivity contribution in [2.24, 2.45) is 5.92 Å². The second-order valence-electron chi connectivity index (χ2n) is 10.1. The molecule has 5 N–H and O–H groups in total. The second-order valence-corrected chi connectivity index (χ2v) is 13.3. The minimum absolute atomic E-state index is 0.0421. The van der Waals surface area contributed by atoms with Gasteiger partial charge in [0.1, 0.15) is 12.2 Å². The number of rotatable bonds is 14. The summed E-state index contributed by atoms with van der Waals surface area (Å²) in [6.45, 7) is 3.61. The molecule has 0 aliphatic carbocycles. The van der Waals surface area contributed by atoms with Crippen LogP contribution in [0.25, 0.3) is 0 Å².